The fourth-order valence-corrected chi connectivity index (χ4v) is 2.69. The molecule has 0 amide bonds. The van der Waals surface area contributed by atoms with Gasteiger partial charge in [0.15, 0.2) is 0 Å². The van der Waals surface area contributed by atoms with Crippen LogP contribution in [0.5, 0.6) is 0 Å². The van der Waals surface area contributed by atoms with Crippen molar-refractivity contribution in [3.05, 3.63) is 30.1 Å². The van der Waals surface area contributed by atoms with Crippen LogP contribution in [-0.4, -0.2) is 29.5 Å². The fourth-order valence-electron chi connectivity index (χ4n) is 2.69. The van der Waals surface area contributed by atoms with Crippen molar-refractivity contribution in [1.29, 1.82) is 0 Å². The monoisotopic (exact) mass is 219 g/mol. The maximum absolute atomic E-state index is 5.87. The Morgan fingerprint density at radius 2 is 2.38 bits per heavy atom. The summed E-state index contributed by atoms with van der Waals surface area (Å²) in [5, 5.41) is 0. The van der Waals surface area contributed by atoms with Crippen molar-refractivity contribution in [2.75, 3.05) is 19.6 Å². The molecule has 0 spiro atoms. The van der Waals surface area contributed by atoms with Gasteiger partial charge in [-0.15, -0.1) is 0 Å². The summed E-state index contributed by atoms with van der Waals surface area (Å²) in [4.78, 5) is 7.02. The Balaban J connectivity index is 2.19. The first kappa shape index (κ1) is 11.6. The summed E-state index contributed by atoms with van der Waals surface area (Å²) in [6.07, 6.45) is 4.28. The Labute approximate surface area is 97.7 Å². The smallest absolute Gasteiger partial charge is 0.0578 e. The number of pyridine rings is 1. The van der Waals surface area contributed by atoms with Gasteiger partial charge in [0.05, 0.1) is 11.7 Å². The first-order valence-corrected chi connectivity index (χ1v) is 6.21. The van der Waals surface area contributed by atoms with E-state index in [2.05, 4.69) is 28.9 Å². The molecule has 88 valence electrons. The van der Waals surface area contributed by atoms with Gasteiger partial charge in [-0.1, -0.05) is 13.0 Å². The Morgan fingerprint density at radius 1 is 1.50 bits per heavy atom. The van der Waals surface area contributed by atoms with Gasteiger partial charge in [0.1, 0.15) is 0 Å². The number of rotatable bonds is 4. The maximum Gasteiger partial charge on any atom is 0.0578 e. The van der Waals surface area contributed by atoms with Crippen molar-refractivity contribution in [1.82, 2.24) is 9.88 Å². The molecule has 3 heteroatoms. The summed E-state index contributed by atoms with van der Waals surface area (Å²) in [5.41, 5.74) is 7.05. The van der Waals surface area contributed by atoms with E-state index in [0.29, 0.717) is 12.0 Å². The zero-order valence-electron chi connectivity index (χ0n) is 9.97. The number of nitrogens with zero attached hydrogens (tertiary/aromatic N) is 2. The minimum atomic E-state index is 0.436. The van der Waals surface area contributed by atoms with E-state index in [1.807, 2.05) is 12.3 Å². The third kappa shape index (κ3) is 2.25. The number of hydrogen-bond donors (Lipinski definition) is 1. The van der Waals surface area contributed by atoms with Crippen LogP contribution in [0.25, 0.3) is 0 Å². The van der Waals surface area contributed by atoms with Crippen molar-refractivity contribution in [3.8, 4) is 0 Å². The van der Waals surface area contributed by atoms with Gasteiger partial charge < -0.3 is 5.73 Å². The predicted molar refractivity (Wildman–Crippen MR) is 66.0 cm³/mol. The van der Waals surface area contributed by atoms with Crippen LogP contribution in [0.3, 0.4) is 0 Å². The topological polar surface area (TPSA) is 42.1 Å². The van der Waals surface area contributed by atoms with Crippen molar-refractivity contribution < 1.29 is 0 Å². The summed E-state index contributed by atoms with van der Waals surface area (Å²) in [5.74, 6) is 0.571. The molecule has 1 saturated heterocycles. The Bertz CT molecular complexity index is 312. The molecular formula is C13H21N3. The van der Waals surface area contributed by atoms with Gasteiger partial charge in [-0.05, 0) is 50.5 Å². The van der Waals surface area contributed by atoms with Gasteiger partial charge in [-0.3, -0.25) is 9.88 Å². The van der Waals surface area contributed by atoms with E-state index in [9.17, 15) is 0 Å². The van der Waals surface area contributed by atoms with E-state index in [1.54, 1.807) is 0 Å². The average molecular weight is 219 g/mol. The van der Waals surface area contributed by atoms with Crippen LogP contribution in [0.2, 0.25) is 0 Å². The average Bonchev–Trinajstić information content (AvgIpc) is 2.74. The third-order valence-corrected chi connectivity index (χ3v) is 3.43. The molecule has 1 aliphatic rings. The molecule has 1 aromatic heterocycles. The van der Waals surface area contributed by atoms with E-state index in [1.165, 1.54) is 18.5 Å². The van der Waals surface area contributed by atoms with Gasteiger partial charge in [0.25, 0.3) is 0 Å². The molecule has 16 heavy (non-hydrogen) atoms. The first-order valence-electron chi connectivity index (χ1n) is 6.21. The second-order valence-corrected chi connectivity index (χ2v) is 4.52. The molecule has 3 nitrogen and oxygen atoms in total. The van der Waals surface area contributed by atoms with Gasteiger partial charge in [-0.2, -0.15) is 0 Å². The molecule has 0 bridgehead atoms. The number of nitrogens with two attached hydrogens (primary N) is 1. The van der Waals surface area contributed by atoms with E-state index in [4.69, 9.17) is 5.73 Å². The maximum atomic E-state index is 5.87. The summed E-state index contributed by atoms with van der Waals surface area (Å²) in [7, 11) is 0. The van der Waals surface area contributed by atoms with Crippen LogP contribution in [-0.2, 0) is 0 Å². The van der Waals surface area contributed by atoms with Crippen LogP contribution in [0.1, 0.15) is 31.5 Å². The number of aromatic nitrogens is 1. The summed E-state index contributed by atoms with van der Waals surface area (Å²) >= 11 is 0. The van der Waals surface area contributed by atoms with Crippen LogP contribution >= 0.6 is 0 Å². The van der Waals surface area contributed by atoms with Crippen molar-refractivity contribution >= 4 is 0 Å². The van der Waals surface area contributed by atoms with Gasteiger partial charge in [0, 0.05) is 6.20 Å². The lowest BCUT2D eigenvalue weighted by Crippen LogP contribution is -2.29. The molecule has 2 heterocycles. The van der Waals surface area contributed by atoms with Crippen molar-refractivity contribution in [2.24, 2.45) is 11.7 Å². The molecule has 0 aromatic carbocycles. The van der Waals surface area contributed by atoms with Crippen LogP contribution in [0.4, 0.5) is 0 Å². The van der Waals surface area contributed by atoms with E-state index >= 15 is 0 Å². The van der Waals surface area contributed by atoms with Crippen LogP contribution < -0.4 is 5.73 Å². The second-order valence-electron chi connectivity index (χ2n) is 4.52. The van der Waals surface area contributed by atoms with E-state index < -0.39 is 0 Å². The van der Waals surface area contributed by atoms with Gasteiger partial charge >= 0.3 is 0 Å². The van der Waals surface area contributed by atoms with Crippen molar-refractivity contribution in [3.63, 3.8) is 0 Å². The largest absolute Gasteiger partial charge is 0.330 e. The SMILES string of the molecule is CCCN1CCC(CN)C1c1ccccn1. The molecule has 1 fully saturated rings. The zero-order valence-corrected chi connectivity index (χ0v) is 9.97. The molecule has 0 radical (unpaired) electrons. The molecule has 2 atom stereocenters. The molecule has 2 unspecified atom stereocenters. The third-order valence-electron chi connectivity index (χ3n) is 3.43. The fraction of sp³-hybridized carbons (Fsp3) is 0.615. The van der Waals surface area contributed by atoms with Crippen molar-refractivity contribution in [2.45, 2.75) is 25.8 Å². The van der Waals surface area contributed by atoms with Gasteiger partial charge in [-0.25, -0.2) is 0 Å². The molecule has 2 rings (SSSR count). The summed E-state index contributed by atoms with van der Waals surface area (Å²) in [6.45, 7) is 5.31. The van der Waals surface area contributed by atoms with Crippen LogP contribution in [0, 0.1) is 5.92 Å². The zero-order chi connectivity index (χ0) is 11.4. The highest BCUT2D eigenvalue weighted by Gasteiger charge is 2.34. The highest BCUT2D eigenvalue weighted by Crippen LogP contribution is 2.35. The normalized spacial score (nSPS) is 26.1. The highest BCUT2D eigenvalue weighted by atomic mass is 15.2. The highest BCUT2D eigenvalue weighted by molar-refractivity contribution is 5.12. The number of hydrogen-bond acceptors (Lipinski definition) is 3. The van der Waals surface area contributed by atoms with Gasteiger partial charge in [0.2, 0.25) is 0 Å². The lowest BCUT2D eigenvalue weighted by atomic mass is 9.97. The molecule has 0 saturated carbocycles. The Hall–Kier alpha value is -0.930. The molecule has 2 N–H and O–H groups in total. The van der Waals surface area contributed by atoms with E-state index in [-0.39, 0.29) is 0 Å². The lowest BCUT2D eigenvalue weighted by molar-refractivity contribution is 0.226. The molecule has 1 aromatic rings. The Kier molecular flexibility index (Phi) is 3.91. The minimum Gasteiger partial charge on any atom is -0.330 e. The molecular weight excluding hydrogens is 198 g/mol. The first-order chi connectivity index (χ1) is 7.86. The second kappa shape index (κ2) is 5.41. The standard InChI is InChI=1S/C13H21N3/c1-2-8-16-9-6-11(10-14)13(16)12-5-3-4-7-15-12/h3-5,7,11,13H,2,6,8-10,14H2,1H3. The summed E-state index contributed by atoms with van der Waals surface area (Å²) in [6, 6.07) is 6.60. The summed E-state index contributed by atoms with van der Waals surface area (Å²) < 4.78 is 0. The van der Waals surface area contributed by atoms with E-state index in [0.717, 1.165) is 19.6 Å². The Morgan fingerprint density at radius 3 is 3.00 bits per heavy atom. The minimum absolute atomic E-state index is 0.436. The quantitative estimate of drug-likeness (QED) is 0.840. The number of likely N-dealkylation sites (tertiary alicyclic amines) is 1. The molecule has 0 aliphatic carbocycles. The van der Waals surface area contributed by atoms with Crippen LogP contribution in [0.15, 0.2) is 24.4 Å². The predicted octanol–water partition coefficient (Wildman–Crippen LogP) is 1.81. The molecule has 1 aliphatic heterocycles. The lowest BCUT2D eigenvalue weighted by Gasteiger charge is -2.26.